The third kappa shape index (κ3) is 4.57. The third-order valence-corrected chi connectivity index (χ3v) is 4.30. The van der Waals surface area contributed by atoms with E-state index in [2.05, 4.69) is 33.4 Å². The van der Waals surface area contributed by atoms with Gasteiger partial charge in [-0.2, -0.15) is 0 Å². The number of hydrogen-bond donors (Lipinski definition) is 1. The molecule has 3 heteroatoms. The van der Waals surface area contributed by atoms with Gasteiger partial charge in [0.15, 0.2) is 6.10 Å². The number of allylic oxidation sites excluding steroid dienone is 3. The molecule has 21 heavy (non-hydrogen) atoms. The average Bonchev–Trinajstić information content (AvgIpc) is 2.33. The van der Waals surface area contributed by atoms with Crippen molar-refractivity contribution in [2.24, 2.45) is 11.3 Å². The number of ether oxygens (including phenoxy) is 1. The van der Waals surface area contributed by atoms with Crippen molar-refractivity contribution in [2.45, 2.75) is 59.2 Å². The highest BCUT2D eigenvalue weighted by Gasteiger charge is 2.34. The zero-order valence-corrected chi connectivity index (χ0v) is 13.8. The van der Waals surface area contributed by atoms with E-state index >= 15 is 0 Å². The van der Waals surface area contributed by atoms with Crippen molar-refractivity contribution >= 4 is 5.97 Å². The molecule has 0 heterocycles. The van der Waals surface area contributed by atoms with Crippen LogP contribution in [0, 0.1) is 11.3 Å². The largest absolute Gasteiger partial charge is 0.455 e. The second kappa shape index (κ2) is 6.61. The Morgan fingerprint density at radius 2 is 2.24 bits per heavy atom. The Balaban J connectivity index is 2.95. The Morgan fingerprint density at radius 1 is 1.62 bits per heavy atom. The van der Waals surface area contributed by atoms with E-state index in [9.17, 15) is 9.90 Å². The zero-order valence-electron chi connectivity index (χ0n) is 13.8. The van der Waals surface area contributed by atoms with Gasteiger partial charge in [0.25, 0.3) is 0 Å². The predicted molar refractivity (Wildman–Crippen MR) is 85.8 cm³/mol. The lowest BCUT2D eigenvalue weighted by atomic mass is 9.68. The molecule has 0 spiro atoms. The number of rotatable bonds is 5. The number of esters is 1. The van der Waals surface area contributed by atoms with Crippen LogP contribution in [0.5, 0.6) is 0 Å². The van der Waals surface area contributed by atoms with Crippen LogP contribution in [-0.4, -0.2) is 22.8 Å². The van der Waals surface area contributed by atoms with Gasteiger partial charge >= 0.3 is 5.97 Å². The Hall–Kier alpha value is -1.35. The predicted octanol–water partition coefficient (Wildman–Crippen LogP) is 3.79. The lowest BCUT2D eigenvalue weighted by Gasteiger charge is -2.37. The van der Waals surface area contributed by atoms with Crippen molar-refractivity contribution in [1.82, 2.24) is 0 Å². The lowest BCUT2D eigenvalue weighted by molar-refractivity contribution is -0.152. The molecule has 0 aliphatic heterocycles. The highest BCUT2D eigenvalue weighted by Crippen LogP contribution is 2.42. The summed E-state index contributed by atoms with van der Waals surface area (Å²) in [6.07, 6.45) is 8.95. The molecule has 0 radical (unpaired) electrons. The second-order valence-electron chi connectivity index (χ2n) is 6.80. The zero-order chi connectivity index (χ0) is 16.3. The first kappa shape index (κ1) is 17.7. The van der Waals surface area contributed by atoms with Crippen LogP contribution in [0.3, 0.4) is 0 Å². The van der Waals surface area contributed by atoms with Gasteiger partial charge in [0.05, 0.1) is 0 Å². The van der Waals surface area contributed by atoms with E-state index < -0.39 is 17.7 Å². The van der Waals surface area contributed by atoms with Gasteiger partial charge in [-0.05, 0) is 38.2 Å². The third-order valence-electron chi connectivity index (χ3n) is 4.30. The van der Waals surface area contributed by atoms with Gasteiger partial charge < -0.3 is 9.84 Å². The Kier molecular flexibility index (Phi) is 5.57. The fraction of sp³-hybridized carbons (Fsp3) is 0.611. The molecule has 0 aromatic rings. The average molecular weight is 292 g/mol. The Bertz CT molecular complexity index is 455. The molecule has 1 N–H and O–H groups in total. The van der Waals surface area contributed by atoms with Crippen molar-refractivity contribution in [3.05, 3.63) is 36.5 Å². The molecule has 0 saturated carbocycles. The molecule has 0 bridgehead atoms. The van der Waals surface area contributed by atoms with Gasteiger partial charge in [-0.15, -0.1) is 0 Å². The van der Waals surface area contributed by atoms with Gasteiger partial charge in [-0.1, -0.05) is 44.2 Å². The van der Waals surface area contributed by atoms with Crippen LogP contribution in [0.4, 0.5) is 0 Å². The lowest BCUT2D eigenvalue weighted by Crippen LogP contribution is -2.39. The first-order valence-electron chi connectivity index (χ1n) is 7.48. The van der Waals surface area contributed by atoms with E-state index in [1.54, 1.807) is 13.0 Å². The van der Waals surface area contributed by atoms with Gasteiger partial charge in [-0.25, -0.2) is 0 Å². The molecule has 0 fully saturated rings. The number of aliphatic hydroxyl groups is 1. The number of carbonyl (C=O) groups is 1. The van der Waals surface area contributed by atoms with Crippen molar-refractivity contribution < 1.29 is 14.6 Å². The van der Waals surface area contributed by atoms with E-state index in [1.807, 2.05) is 6.08 Å². The van der Waals surface area contributed by atoms with E-state index in [1.165, 1.54) is 18.6 Å². The first-order chi connectivity index (χ1) is 9.60. The standard InChI is InChI=1S/C18H28O3/c1-7-16(21-14(3)19)18(6,20)12-10-15-13(2)9-8-11-17(15,4)5/h7,9-10,12,15-16,20H,1,8,11H2,2-6H3/b12-10+/t15?,16-,18-/m1/s1. The second-order valence-corrected chi connectivity index (χ2v) is 6.80. The van der Waals surface area contributed by atoms with E-state index in [-0.39, 0.29) is 11.3 Å². The summed E-state index contributed by atoms with van der Waals surface area (Å²) >= 11 is 0. The molecule has 1 aliphatic rings. The van der Waals surface area contributed by atoms with Gasteiger partial charge in [0.1, 0.15) is 5.60 Å². The van der Waals surface area contributed by atoms with Crippen LogP contribution in [0.1, 0.15) is 47.5 Å². The van der Waals surface area contributed by atoms with Crippen LogP contribution in [-0.2, 0) is 9.53 Å². The minimum absolute atomic E-state index is 0.163. The normalized spacial score (nSPS) is 25.8. The maximum atomic E-state index is 11.1. The molecule has 118 valence electrons. The minimum Gasteiger partial charge on any atom is -0.455 e. The number of hydrogen-bond acceptors (Lipinski definition) is 3. The monoisotopic (exact) mass is 292 g/mol. The fourth-order valence-electron chi connectivity index (χ4n) is 2.95. The quantitative estimate of drug-likeness (QED) is 0.619. The molecule has 3 atom stereocenters. The summed E-state index contributed by atoms with van der Waals surface area (Å²) in [5.74, 6) is -0.150. The molecular formula is C18H28O3. The smallest absolute Gasteiger partial charge is 0.303 e. The molecule has 0 aromatic carbocycles. The maximum absolute atomic E-state index is 11.1. The summed E-state index contributed by atoms with van der Waals surface area (Å²) in [6, 6.07) is 0. The Morgan fingerprint density at radius 3 is 2.71 bits per heavy atom. The summed E-state index contributed by atoms with van der Waals surface area (Å²) in [5.41, 5.74) is 0.221. The molecular weight excluding hydrogens is 264 g/mol. The molecule has 3 nitrogen and oxygen atoms in total. The van der Waals surface area contributed by atoms with Gasteiger partial charge in [-0.3, -0.25) is 4.79 Å². The molecule has 1 rings (SSSR count). The van der Waals surface area contributed by atoms with Crippen LogP contribution in [0.2, 0.25) is 0 Å². The highest BCUT2D eigenvalue weighted by molar-refractivity contribution is 5.66. The van der Waals surface area contributed by atoms with Crippen LogP contribution < -0.4 is 0 Å². The summed E-state index contributed by atoms with van der Waals surface area (Å²) in [4.78, 5) is 11.1. The minimum atomic E-state index is -1.26. The summed E-state index contributed by atoms with van der Waals surface area (Å²) < 4.78 is 5.11. The fourth-order valence-corrected chi connectivity index (χ4v) is 2.95. The summed E-state index contributed by atoms with van der Waals surface area (Å²) in [7, 11) is 0. The molecule has 0 aromatic heterocycles. The SMILES string of the molecule is C=C[C@@H](OC(C)=O)[C@](C)(O)/C=C/C1C(C)=CCCC1(C)C. The number of carbonyl (C=O) groups excluding carboxylic acids is 1. The van der Waals surface area contributed by atoms with E-state index in [0.717, 1.165) is 12.8 Å². The Labute approximate surface area is 128 Å². The summed E-state index contributed by atoms with van der Waals surface area (Å²) in [6.45, 7) is 13.2. The van der Waals surface area contributed by atoms with Crippen molar-refractivity contribution in [1.29, 1.82) is 0 Å². The molecule has 0 saturated heterocycles. The van der Waals surface area contributed by atoms with Crippen molar-refractivity contribution in [3.8, 4) is 0 Å². The summed E-state index contributed by atoms with van der Waals surface area (Å²) in [5, 5.41) is 10.6. The van der Waals surface area contributed by atoms with Gasteiger partial charge in [0, 0.05) is 12.8 Å². The van der Waals surface area contributed by atoms with Gasteiger partial charge in [0.2, 0.25) is 0 Å². The molecule has 1 aliphatic carbocycles. The maximum Gasteiger partial charge on any atom is 0.303 e. The first-order valence-corrected chi connectivity index (χ1v) is 7.48. The molecule has 1 unspecified atom stereocenters. The van der Waals surface area contributed by atoms with Crippen LogP contribution in [0.25, 0.3) is 0 Å². The topological polar surface area (TPSA) is 46.5 Å². The van der Waals surface area contributed by atoms with E-state index in [4.69, 9.17) is 4.74 Å². The van der Waals surface area contributed by atoms with Crippen molar-refractivity contribution in [2.75, 3.05) is 0 Å². The van der Waals surface area contributed by atoms with Crippen LogP contribution in [0.15, 0.2) is 36.5 Å². The molecule has 0 amide bonds. The van der Waals surface area contributed by atoms with Crippen molar-refractivity contribution in [3.63, 3.8) is 0 Å². The van der Waals surface area contributed by atoms with E-state index in [0.29, 0.717) is 0 Å². The highest BCUT2D eigenvalue weighted by atomic mass is 16.6. The van der Waals surface area contributed by atoms with Crippen LogP contribution >= 0.6 is 0 Å².